The zero-order valence-corrected chi connectivity index (χ0v) is 9.81. The van der Waals surface area contributed by atoms with E-state index in [1.807, 2.05) is 0 Å². The summed E-state index contributed by atoms with van der Waals surface area (Å²) >= 11 is 0. The second-order valence-corrected chi connectivity index (χ2v) is 4.36. The summed E-state index contributed by atoms with van der Waals surface area (Å²) in [4.78, 5) is 11.0. The van der Waals surface area contributed by atoms with Gasteiger partial charge >= 0.3 is 0 Å². The molecule has 1 atom stereocenters. The number of benzene rings is 1. The third-order valence-corrected chi connectivity index (χ3v) is 3.06. The molecule has 18 heavy (non-hydrogen) atoms. The Labute approximate surface area is 104 Å². The molecular weight excluding hydrogens is 236 g/mol. The van der Waals surface area contributed by atoms with Gasteiger partial charge in [0.2, 0.25) is 11.7 Å². The van der Waals surface area contributed by atoms with Crippen molar-refractivity contribution in [2.75, 3.05) is 6.54 Å². The molecule has 1 saturated heterocycles. The lowest BCUT2D eigenvalue weighted by Crippen LogP contribution is -2.45. The molecule has 1 fully saturated rings. The van der Waals surface area contributed by atoms with Crippen molar-refractivity contribution >= 4 is 5.91 Å². The molecule has 1 aliphatic heterocycles. The van der Waals surface area contributed by atoms with Gasteiger partial charge in [-0.3, -0.25) is 4.79 Å². The summed E-state index contributed by atoms with van der Waals surface area (Å²) in [6.07, 6.45) is 1.24. The maximum Gasteiger partial charge on any atom is 0.220 e. The monoisotopic (exact) mass is 252 g/mol. The molecule has 1 aromatic carbocycles. The van der Waals surface area contributed by atoms with Gasteiger partial charge in [0.1, 0.15) is 0 Å². The molecule has 0 radical (unpaired) electrons. The second-order valence-electron chi connectivity index (χ2n) is 4.36. The predicted molar refractivity (Wildman–Crippen MR) is 64.3 cm³/mol. The molecule has 6 nitrogen and oxygen atoms in total. The van der Waals surface area contributed by atoms with Crippen LogP contribution in [0.15, 0.2) is 12.1 Å². The van der Waals surface area contributed by atoms with Crippen molar-refractivity contribution < 1.29 is 20.1 Å². The van der Waals surface area contributed by atoms with Crippen molar-refractivity contribution in [1.29, 1.82) is 0 Å². The number of hydrogen-bond donors (Lipinski definition) is 5. The van der Waals surface area contributed by atoms with Crippen molar-refractivity contribution in [1.82, 2.24) is 10.6 Å². The molecule has 5 N–H and O–H groups in total. The quantitative estimate of drug-likeness (QED) is 0.494. The number of rotatable bonds is 3. The van der Waals surface area contributed by atoms with Crippen LogP contribution in [0.5, 0.6) is 17.2 Å². The standard InChI is InChI=1S/C12H16N2O4/c15-9-3-1-7(11(17)12(9)18)5-13-8-2-4-10(16)14-6-8/h1,3,8,13,15,17-18H,2,4-6H2,(H,14,16). The van der Waals surface area contributed by atoms with Crippen LogP contribution >= 0.6 is 0 Å². The van der Waals surface area contributed by atoms with E-state index in [-0.39, 0.29) is 23.4 Å². The summed E-state index contributed by atoms with van der Waals surface area (Å²) in [5.41, 5.74) is 0.502. The van der Waals surface area contributed by atoms with Gasteiger partial charge in [0.15, 0.2) is 11.5 Å². The van der Waals surface area contributed by atoms with Gasteiger partial charge in [0.25, 0.3) is 0 Å². The lowest BCUT2D eigenvalue weighted by atomic mass is 10.1. The molecule has 1 aromatic rings. The highest BCUT2D eigenvalue weighted by Gasteiger charge is 2.18. The summed E-state index contributed by atoms with van der Waals surface area (Å²) in [7, 11) is 0. The molecule has 1 heterocycles. The molecule has 98 valence electrons. The summed E-state index contributed by atoms with van der Waals surface area (Å²) < 4.78 is 0. The number of nitrogens with one attached hydrogen (secondary N) is 2. The number of carbonyl (C=O) groups is 1. The zero-order valence-electron chi connectivity index (χ0n) is 9.81. The van der Waals surface area contributed by atoms with Gasteiger partial charge in [0.05, 0.1) is 0 Å². The van der Waals surface area contributed by atoms with Crippen molar-refractivity contribution in [2.24, 2.45) is 0 Å². The normalized spacial score (nSPS) is 19.6. The maximum absolute atomic E-state index is 11.0. The minimum Gasteiger partial charge on any atom is -0.504 e. The van der Waals surface area contributed by atoms with Crippen LogP contribution in [0.4, 0.5) is 0 Å². The lowest BCUT2D eigenvalue weighted by Gasteiger charge is -2.23. The Morgan fingerprint density at radius 3 is 2.72 bits per heavy atom. The number of phenols is 3. The summed E-state index contributed by atoms with van der Waals surface area (Å²) in [6, 6.07) is 3.02. The highest BCUT2D eigenvalue weighted by Crippen LogP contribution is 2.36. The summed E-state index contributed by atoms with van der Waals surface area (Å²) in [5, 5.41) is 34.1. The van der Waals surface area contributed by atoms with Crippen LogP contribution in [-0.2, 0) is 11.3 Å². The van der Waals surface area contributed by atoms with Crippen LogP contribution in [0.1, 0.15) is 18.4 Å². The van der Waals surface area contributed by atoms with Gasteiger partial charge < -0.3 is 26.0 Å². The maximum atomic E-state index is 11.0. The van der Waals surface area contributed by atoms with Gasteiger partial charge in [-0.1, -0.05) is 6.07 Å². The average Bonchev–Trinajstić information content (AvgIpc) is 2.37. The van der Waals surface area contributed by atoms with Crippen LogP contribution in [0.2, 0.25) is 0 Å². The number of carbonyl (C=O) groups excluding carboxylic acids is 1. The van der Waals surface area contributed by atoms with Crippen molar-refractivity contribution in [2.45, 2.75) is 25.4 Å². The molecule has 1 amide bonds. The minimum absolute atomic E-state index is 0.0539. The molecule has 0 aliphatic carbocycles. The molecular formula is C12H16N2O4. The third-order valence-electron chi connectivity index (χ3n) is 3.06. The Morgan fingerprint density at radius 1 is 1.28 bits per heavy atom. The molecule has 1 aliphatic rings. The van der Waals surface area contributed by atoms with E-state index < -0.39 is 5.75 Å². The average molecular weight is 252 g/mol. The van der Waals surface area contributed by atoms with Crippen LogP contribution in [0.3, 0.4) is 0 Å². The number of piperidine rings is 1. The summed E-state index contributed by atoms with van der Waals surface area (Å²) in [5.74, 6) is -1.12. The van der Waals surface area contributed by atoms with Crippen molar-refractivity contribution in [3.05, 3.63) is 17.7 Å². The Hall–Kier alpha value is -1.95. The number of phenolic OH excluding ortho intramolecular Hbond substituents is 3. The fourth-order valence-electron chi connectivity index (χ4n) is 1.91. The van der Waals surface area contributed by atoms with E-state index in [1.165, 1.54) is 6.07 Å². The minimum atomic E-state index is -0.508. The van der Waals surface area contributed by atoms with E-state index in [1.54, 1.807) is 6.07 Å². The largest absolute Gasteiger partial charge is 0.504 e. The Kier molecular flexibility index (Phi) is 3.57. The molecule has 6 heteroatoms. The Bertz CT molecular complexity index is 452. The van der Waals surface area contributed by atoms with Gasteiger partial charge in [0, 0.05) is 31.1 Å². The first-order chi connectivity index (χ1) is 8.58. The predicted octanol–water partition coefficient (Wildman–Crippen LogP) is 0.172. The van der Waals surface area contributed by atoms with Crippen LogP contribution < -0.4 is 10.6 Å². The van der Waals surface area contributed by atoms with Crippen molar-refractivity contribution in [3.8, 4) is 17.2 Å². The number of hydrogen-bond acceptors (Lipinski definition) is 5. The first-order valence-corrected chi connectivity index (χ1v) is 5.81. The van der Waals surface area contributed by atoms with Gasteiger partial charge in [-0.15, -0.1) is 0 Å². The van der Waals surface area contributed by atoms with Gasteiger partial charge in [-0.05, 0) is 12.5 Å². The topological polar surface area (TPSA) is 102 Å². The van der Waals surface area contributed by atoms with Crippen LogP contribution in [-0.4, -0.2) is 33.8 Å². The van der Waals surface area contributed by atoms with E-state index >= 15 is 0 Å². The second kappa shape index (κ2) is 5.14. The highest BCUT2D eigenvalue weighted by molar-refractivity contribution is 5.76. The van der Waals surface area contributed by atoms with Crippen LogP contribution in [0.25, 0.3) is 0 Å². The lowest BCUT2D eigenvalue weighted by molar-refractivity contribution is -0.122. The highest BCUT2D eigenvalue weighted by atomic mass is 16.3. The molecule has 0 spiro atoms. The Morgan fingerprint density at radius 2 is 2.06 bits per heavy atom. The van der Waals surface area contributed by atoms with E-state index in [0.717, 1.165) is 6.42 Å². The number of amides is 1. The molecule has 1 unspecified atom stereocenters. The first-order valence-electron chi connectivity index (χ1n) is 5.81. The SMILES string of the molecule is O=C1CCC(NCc2ccc(O)c(O)c2O)CN1. The third kappa shape index (κ3) is 2.65. The molecule has 0 saturated carbocycles. The van der Waals surface area contributed by atoms with E-state index in [9.17, 15) is 20.1 Å². The number of aromatic hydroxyl groups is 3. The Balaban J connectivity index is 1.94. The zero-order chi connectivity index (χ0) is 13.1. The molecule has 0 bridgehead atoms. The van der Waals surface area contributed by atoms with E-state index in [0.29, 0.717) is 25.1 Å². The van der Waals surface area contributed by atoms with Gasteiger partial charge in [-0.2, -0.15) is 0 Å². The van der Waals surface area contributed by atoms with E-state index in [2.05, 4.69) is 10.6 Å². The fourth-order valence-corrected chi connectivity index (χ4v) is 1.91. The smallest absolute Gasteiger partial charge is 0.220 e. The van der Waals surface area contributed by atoms with Gasteiger partial charge in [-0.25, -0.2) is 0 Å². The fraction of sp³-hybridized carbons (Fsp3) is 0.417. The van der Waals surface area contributed by atoms with Crippen molar-refractivity contribution in [3.63, 3.8) is 0 Å². The van der Waals surface area contributed by atoms with Crippen LogP contribution in [0, 0.1) is 0 Å². The van der Waals surface area contributed by atoms with E-state index in [4.69, 9.17) is 0 Å². The first kappa shape index (κ1) is 12.5. The molecule has 2 rings (SSSR count). The summed E-state index contributed by atoms with van der Waals surface area (Å²) in [6.45, 7) is 0.921. The molecule has 0 aromatic heterocycles.